The molecule has 2 aromatic heterocycles. The van der Waals surface area contributed by atoms with E-state index in [1.54, 1.807) is 23.1 Å². The molecule has 1 aliphatic rings. The normalized spacial score (nSPS) is 15.2. The van der Waals surface area contributed by atoms with Gasteiger partial charge in [-0.15, -0.1) is 11.8 Å². The van der Waals surface area contributed by atoms with Gasteiger partial charge in [0.1, 0.15) is 11.7 Å². The Labute approximate surface area is 214 Å². The van der Waals surface area contributed by atoms with E-state index < -0.39 is 0 Å². The fraction of sp³-hybridized carbons (Fsp3) is 0.333. The molecule has 1 unspecified atom stereocenters. The molecule has 6 nitrogen and oxygen atoms in total. The summed E-state index contributed by atoms with van der Waals surface area (Å²) in [5.74, 6) is 0.0207. The highest BCUT2D eigenvalue weighted by atomic mass is 32.2. The second-order valence-electron chi connectivity index (χ2n) is 9.29. The molecule has 0 saturated carbocycles. The highest BCUT2D eigenvalue weighted by Crippen LogP contribution is 2.33. The van der Waals surface area contributed by atoms with E-state index in [1.807, 2.05) is 23.6 Å². The minimum absolute atomic E-state index is 0.0207. The first-order valence-electron chi connectivity index (χ1n) is 11.9. The number of thioether (sulfide) groups is 1. The van der Waals surface area contributed by atoms with Crippen LogP contribution in [-0.4, -0.2) is 59.3 Å². The highest BCUT2D eigenvalue weighted by Gasteiger charge is 2.30. The second kappa shape index (κ2) is 10.5. The topological polar surface area (TPSA) is 64.3 Å². The Morgan fingerprint density at radius 2 is 2.03 bits per heavy atom. The Hall–Kier alpha value is -2.65. The SMILES string of the molecule is CSc1cc(-c2n[nH]c3ccc(NC(=O)C(c4ccsc4)N4CCCC4)cc23)ccc1CN(C)C. The Morgan fingerprint density at radius 3 is 2.74 bits per heavy atom. The van der Waals surface area contributed by atoms with Gasteiger partial charge in [0.25, 0.3) is 0 Å². The van der Waals surface area contributed by atoms with Gasteiger partial charge in [-0.25, -0.2) is 0 Å². The van der Waals surface area contributed by atoms with Gasteiger partial charge in [-0.1, -0.05) is 12.1 Å². The molecule has 182 valence electrons. The standard InChI is InChI=1S/C27H31N5OS2/c1-31(2)16-19-7-6-18(14-24(19)34-3)25-22-15-21(8-9-23(22)29-30-25)28-27(33)26(20-10-13-35-17-20)32-11-4-5-12-32/h6-10,13-15,17,26H,4-5,11-12,16H2,1-3H3,(H,28,33)(H,29,30). The molecule has 2 N–H and O–H groups in total. The van der Waals surface area contributed by atoms with E-state index in [1.165, 1.54) is 10.5 Å². The number of nitrogens with zero attached hydrogens (tertiary/aromatic N) is 3. The van der Waals surface area contributed by atoms with E-state index in [9.17, 15) is 4.79 Å². The van der Waals surface area contributed by atoms with Gasteiger partial charge in [0.05, 0.1) is 5.52 Å². The average Bonchev–Trinajstić information content (AvgIpc) is 3.62. The van der Waals surface area contributed by atoms with Gasteiger partial charge in [0, 0.05) is 28.1 Å². The van der Waals surface area contributed by atoms with Crippen molar-refractivity contribution in [3.8, 4) is 11.3 Å². The van der Waals surface area contributed by atoms with Crippen molar-refractivity contribution in [2.24, 2.45) is 0 Å². The largest absolute Gasteiger partial charge is 0.324 e. The summed E-state index contributed by atoms with van der Waals surface area (Å²) >= 11 is 3.39. The van der Waals surface area contributed by atoms with Crippen LogP contribution in [-0.2, 0) is 11.3 Å². The number of likely N-dealkylation sites (tertiary alicyclic amines) is 1. The van der Waals surface area contributed by atoms with Crippen molar-refractivity contribution >= 4 is 45.6 Å². The number of amides is 1. The second-order valence-corrected chi connectivity index (χ2v) is 10.9. The van der Waals surface area contributed by atoms with Crippen molar-refractivity contribution in [3.63, 3.8) is 0 Å². The van der Waals surface area contributed by atoms with Gasteiger partial charge < -0.3 is 10.2 Å². The summed E-state index contributed by atoms with van der Waals surface area (Å²) in [5, 5.41) is 16.1. The lowest BCUT2D eigenvalue weighted by atomic mass is 10.0. The van der Waals surface area contributed by atoms with Crippen LogP contribution in [0.3, 0.4) is 0 Å². The smallest absolute Gasteiger partial charge is 0.246 e. The number of nitrogens with one attached hydrogen (secondary N) is 2. The summed E-state index contributed by atoms with van der Waals surface area (Å²) < 4.78 is 0. The molecule has 8 heteroatoms. The predicted molar refractivity (Wildman–Crippen MR) is 147 cm³/mol. The quantitative estimate of drug-likeness (QED) is 0.294. The lowest BCUT2D eigenvalue weighted by Crippen LogP contribution is -2.35. The number of thiophene rings is 1. The van der Waals surface area contributed by atoms with Crippen molar-refractivity contribution in [1.29, 1.82) is 0 Å². The van der Waals surface area contributed by atoms with E-state index in [-0.39, 0.29) is 11.9 Å². The molecular formula is C27H31N5OS2. The lowest BCUT2D eigenvalue weighted by molar-refractivity contribution is -0.121. The molecule has 1 atom stereocenters. The zero-order valence-electron chi connectivity index (χ0n) is 20.4. The van der Waals surface area contributed by atoms with Crippen molar-refractivity contribution in [2.75, 3.05) is 38.8 Å². The third-order valence-electron chi connectivity index (χ3n) is 6.49. The first kappa shape index (κ1) is 24.1. The van der Waals surface area contributed by atoms with Crippen molar-refractivity contribution in [2.45, 2.75) is 30.3 Å². The van der Waals surface area contributed by atoms with E-state index in [0.717, 1.165) is 65.9 Å². The van der Waals surface area contributed by atoms with E-state index in [4.69, 9.17) is 0 Å². The molecule has 5 rings (SSSR count). The van der Waals surface area contributed by atoms with Crippen LogP contribution in [0.4, 0.5) is 5.69 Å². The Bertz CT molecular complexity index is 1310. The third kappa shape index (κ3) is 5.16. The van der Waals surface area contributed by atoms with Gasteiger partial charge in [0.15, 0.2) is 0 Å². The zero-order chi connectivity index (χ0) is 24.4. The van der Waals surface area contributed by atoms with Gasteiger partial charge >= 0.3 is 0 Å². The van der Waals surface area contributed by atoms with E-state index >= 15 is 0 Å². The van der Waals surface area contributed by atoms with Crippen LogP contribution in [0.5, 0.6) is 0 Å². The molecule has 0 spiro atoms. The molecule has 35 heavy (non-hydrogen) atoms. The van der Waals surface area contributed by atoms with Crippen LogP contribution >= 0.6 is 23.1 Å². The molecule has 0 radical (unpaired) electrons. The first-order chi connectivity index (χ1) is 17.0. The first-order valence-corrected chi connectivity index (χ1v) is 14.1. The maximum Gasteiger partial charge on any atom is 0.246 e. The molecule has 3 heterocycles. The maximum absolute atomic E-state index is 13.5. The van der Waals surface area contributed by atoms with Crippen LogP contribution in [0.2, 0.25) is 0 Å². The fourth-order valence-electron chi connectivity index (χ4n) is 4.84. The predicted octanol–water partition coefficient (Wildman–Crippen LogP) is 5.85. The molecule has 4 aromatic rings. The van der Waals surface area contributed by atoms with Crippen LogP contribution in [0.1, 0.15) is 30.0 Å². The fourth-order valence-corrected chi connectivity index (χ4v) is 6.16. The molecule has 1 amide bonds. The van der Waals surface area contributed by atoms with Gasteiger partial charge in [0.2, 0.25) is 5.91 Å². The Balaban J connectivity index is 1.44. The average molecular weight is 506 g/mol. The lowest BCUT2D eigenvalue weighted by Gasteiger charge is -2.26. The van der Waals surface area contributed by atoms with Crippen molar-refractivity contribution in [1.82, 2.24) is 20.0 Å². The van der Waals surface area contributed by atoms with Crippen LogP contribution in [0.15, 0.2) is 58.1 Å². The van der Waals surface area contributed by atoms with Crippen molar-refractivity contribution in [3.05, 3.63) is 64.4 Å². The number of carbonyl (C=O) groups is 1. The molecule has 0 aliphatic carbocycles. The number of aromatic nitrogens is 2. The van der Waals surface area contributed by atoms with E-state index in [2.05, 4.69) is 75.3 Å². The summed E-state index contributed by atoms with van der Waals surface area (Å²) in [6.45, 7) is 2.82. The monoisotopic (exact) mass is 505 g/mol. The van der Waals surface area contributed by atoms with Crippen LogP contribution in [0, 0.1) is 0 Å². The summed E-state index contributed by atoms with van der Waals surface area (Å²) in [6, 6.07) is 14.3. The minimum Gasteiger partial charge on any atom is -0.324 e. The number of benzene rings is 2. The molecule has 1 fully saturated rings. The Morgan fingerprint density at radius 1 is 1.20 bits per heavy atom. The van der Waals surface area contributed by atoms with Crippen LogP contribution < -0.4 is 5.32 Å². The Kier molecular flexibility index (Phi) is 7.24. The number of hydrogen-bond donors (Lipinski definition) is 2. The summed E-state index contributed by atoms with van der Waals surface area (Å²) in [7, 11) is 4.17. The summed E-state index contributed by atoms with van der Waals surface area (Å²) in [6.07, 6.45) is 4.39. The summed E-state index contributed by atoms with van der Waals surface area (Å²) in [4.78, 5) is 19.2. The third-order valence-corrected chi connectivity index (χ3v) is 8.01. The molecule has 1 aliphatic heterocycles. The zero-order valence-corrected chi connectivity index (χ0v) is 22.0. The number of anilines is 1. The number of hydrogen-bond acceptors (Lipinski definition) is 6. The maximum atomic E-state index is 13.5. The molecule has 0 bridgehead atoms. The molecular weight excluding hydrogens is 474 g/mol. The van der Waals surface area contributed by atoms with Gasteiger partial charge in [-0.2, -0.15) is 16.4 Å². The summed E-state index contributed by atoms with van der Waals surface area (Å²) in [5.41, 5.74) is 6.09. The number of rotatable bonds is 8. The molecule has 1 saturated heterocycles. The number of H-pyrrole nitrogens is 1. The van der Waals surface area contributed by atoms with Gasteiger partial charge in [-0.3, -0.25) is 14.8 Å². The van der Waals surface area contributed by atoms with Crippen molar-refractivity contribution < 1.29 is 4.79 Å². The number of fused-ring (bicyclic) bond motifs is 1. The van der Waals surface area contributed by atoms with E-state index in [0.29, 0.717) is 0 Å². The minimum atomic E-state index is -0.253. The van der Waals surface area contributed by atoms with Gasteiger partial charge in [-0.05, 0) is 98.5 Å². The number of aromatic amines is 1. The molecule has 2 aromatic carbocycles. The number of carbonyl (C=O) groups excluding carboxylic acids is 1. The van der Waals surface area contributed by atoms with Crippen LogP contribution in [0.25, 0.3) is 22.2 Å². The highest BCUT2D eigenvalue weighted by molar-refractivity contribution is 7.98.